The summed E-state index contributed by atoms with van der Waals surface area (Å²) in [6, 6.07) is 13.5. The van der Waals surface area contributed by atoms with Crippen molar-refractivity contribution in [2.24, 2.45) is 17.2 Å². The summed E-state index contributed by atoms with van der Waals surface area (Å²) in [5.41, 5.74) is 18.2. The van der Waals surface area contributed by atoms with E-state index in [0.29, 0.717) is 30.8 Å². The lowest BCUT2D eigenvalue weighted by Crippen LogP contribution is -2.29. The number of hydrogen-bond acceptors (Lipinski definition) is 6. The first kappa shape index (κ1) is 28.2. The summed E-state index contributed by atoms with van der Waals surface area (Å²) in [5.74, 6) is -1.05. The van der Waals surface area contributed by atoms with Crippen molar-refractivity contribution in [2.75, 3.05) is 11.9 Å². The van der Waals surface area contributed by atoms with Gasteiger partial charge in [-0.3, -0.25) is 14.4 Å². The molecule has 0 heterocycles. The Kier molecular flexibility index (Phi) is 15.4. The first-order valence-electron chi connectivity index (χ1n) is 9.69. The Bertz CT molecular complexity index is 783. The van der Waals surface area contributed by atoms with Gasteiger partial charge in [-0.05, 0) is 61.3 Å². The Morgan fingerprint density at radius 1 is 1.06 bits per heavy atom. The van der Waals surface area contributed by atoms with Crippen molar-refractivity contribution < 1.29 is 19.5 Å². The van der Waals surface area contributed by atoms with Crippen LogP contribution in [0.1, 0.15) is 42.1 Å². The van der Waals surface area contributed by atoms with Crippen LogP contribution in [0.4, 0.5) is 5.69 Å². The molecule has 0 saturated carbocycles. The zero-order chi connectivity index (χ0) is 23.6. The molecule has 2 aromatic rings. The number of rotatable bonds is 8. The van der Waals surface area contributed by atoms with Gasteiger partial charge in [-0.25, -0.2) is 0 Å². The van der Waals surface area contributed by atoms with Crippen molar-refractivity contribution >= 4 is 35.5 Å². The van der Waals surface area contributed by atoms with Crippen molar-refractivity contribution in [1.82, 2.24) is 0 Å². The Morgan fingerprint density at radius 2 is 1.65 bits per heavy atom. The van der Waals surface area contributed by atoms with E-state index in [1.807, 2.05) is 24.3 Å². The van der Waals surface area contributed by atoms with Crippen LogP contribution in [0.2, 0.25) is 5.02 Å². The van der Waals surface area contributed by atoms with E-state index in [1.54, 1.807) is 24.3 Å². The van der Waals surface area contributed by atoms with Gasteiger partial charge in [0.1, 0.15) is 12.3 Å². The van der Waals surface area contributed by atoms with Crippen molar-refractivity contribution in [3.63, 3.8) is 0 Å². The van der Waals surface area contributed by atoms with Crippen LogP contribution in [0.3, 0.4) is 0 Å². The highest BCUT2D eigenvalue weighted by Crippen LogP contribution is 2.08. The number of benzene rings is 2. The van der Waals surface area contributed by atoms with Crippen molar-refractivity contribution in [1.29, 1.82) is 0 Å². The van der Waals surface area contributed by atoms with E-state index in [-0.39, 0.29) is 5.91 Å². The summed E-state index contributed by atoms with van der Waals surface area (Å²) in [7, 11) is 0. The number of unbranched alkanes of at least 4 members (excludes halogenated alkanes) is 1. The second kappa shape index (κ2) is 17.0. The normalized spacial score (nSPS) is 10.5. The minimum Gasteiger partial charge on any atom is -0.480 e. The first-order valence-corrected chi connectivity index (χ1v) is 10.1. The molecule has 170 valence electrons. The van der Waals surface area contributed by atoms with Crippen LogP contribution < -0.4 is 22.5 Å². The van der Waals surface area contributed by atoms with Crippen LogP contribution in [0, 0.1) is 0 Å². The molecule has 0 fully saturated rings. The maximum absolute atomic E-state index is 10.6. The topological polar surface area (TPSA) is 162 Å². The molecule has 0 unspecified atom stereocenters. The Hall–Kier alpha value is -2.78. The fraction of sp³-hybridized carbons (Fsp3) is 0.318. The van der Waals surface area contributed by atoms with E-state index in [0.717, 1.165) is 29.7 Å². The second-order valence-electron chi connectivity index (χ2n) is 6.48. The number of carbonyl (C=O) groups excluding carboxylic acids is 2. The standard InChI is InChI=1S/C9H9NO2.C7H8ClN.C6H14N2O2/c1-7(12)10-9-4-2-8(6-11)3-5-9;8-7-3-1-6(5-9)2-4-7;7-4-2-1-3-5(8)6(9)10/h2-6H,1H3,(H,10,12);1-4H,5,9H2;5H,1-4,7-8H2,(H,9,10)/t;;5-/m..0/s1. The summed E-state index contributed by atoms with van der Waals surface area (Å²) in [4.78, 5) is 31.0. The highest BCUT2D eigenvalue weighted by Gasteiger charge is 2.09. The van der Waals surface area contributed by atoms with Crippen LogP contribution >= 0.6 is 11.6 Å². The Morgan fingerprint density at radius 3 is 2.06 bits per heavy atom. The van der Waals surface area contributed by atoms with Gasteiger partial charge in [-0.1, -0.05) is 30.2 Å². The summed E-state index contributed by atoms with van der Waals surface area (Å²) >= 11 is 5.63. The maximum Gasteiger partial charge on any atom is 0.320 e. The van der Waals surface area contributed by atoms with E-state index < -0.39 is 12.0 Å². The molecular weight excluding hydrogens is 420 g/mol. The summed E-state index contributed by atoms with van der Waals surface area (Å²) < 4.78 is 0. The van der Waals surface area contributed by atoms with Crippen LogP contribution in [-0.4, -0.2) is 35.9 Å². The zero-order valence-electron chi connectivity index (χ0n) is 17.6. The van der Waals surface area contributed by atoms with E-state index in [4.69, 9.17) is 33.9 Å². The number of carbonyl (C=O) groups is 3. The quantitative estimate of drug-likeness (QED) is 0.305. The molecule has 0 saturated heterocycles. The molecule has 2 aromatic carbocycles. The predicted octanol–water partition coefficient (Wildman–Crippen LogP) is 2.78. The smallest absolute Gasteiger partial charge is 0.320 e. The number of amides is 1. The molecule has 8 N–H and O–H groups in total. The van der Waals surface area contributed by atoms with E-state index in [1.165, 1.54) is 6.92 Å². The molecule has 0 bridgehead atoms. The molecule has 0 aromatic heterocycles. The molecule has 31 heavy (non-hydrogen) atoms. The van der Waals surface area contributed by atoms with Gasteiger partial charge >= 0.3 is 5.97 Å². The monoisotopic (exact) mass is 450 g/mol. The molecule has 2 rings (SSSR count). The fourth-order valence-electron chi connectivity index (χ4n) is 2.10. The van der Waals surface area contributed by atoms with Crippen molar-refractivity contribution in [3.05, 3.63) is 64.7 Å². The van der Waals surface area contributed by atoms with E-state index >= 15 is 0 Å². The van der Waals surface area contributed by atoms with Gasteiger partial charge in [-0.15, -0.1) is 0 Å². The highest BCUT2D eigenvalue weighted by molar-refractivity contribution is 6.30. The van der Waals surface area contributed by atoms with Gasteiger partial charge in [0.15, 0.2) is 0 Å². The van der Waals surface area contributed by atoms with Gasteiger partial charge in [-0.2, -0.15) is 0 Å². The number of nitrogens with one attached hydrogen (secondary N) is 1. The molecule has 0 aliphatic heterocycles. The average Bonchev–Trinajstić information content (AvgIpc) is 2.75. The van der Waals surface area contributed by atoms with Crippen LogP contribution in [0.5, 0.6) is 0 Å². The summed E-state index contributed by atoms with van der Waals surface area (Å²) in [5, 5.41) is 11.7. The summed E-state index contributed by atoms with van der Waals surface area (Å²) in [6.45, 7) is 2.62. The van der Waals surface area contributed by atoms with Crippen molar-refractivity contribution in [2.45, 2.75) is 38.8 Å². The predicted molar refractivity (Wildman–Crippen MR) is 124 cm³/mol. The molecule has 0 radical (unpaired) electrons. The molecule has 0 aliphatic carbocycles. The third kappa shape index (κ3) is 14.8. The van der Waals surface area contributed by atoms with E-state index in [9.17, 15) is 14.4 Å². The van der Waals surface area contributed by atoms with Crippen LogP contribution in [-0.2, 0) is 16.1 Å². The first-order chi connectivity index (χ1) is 14.7. The summed E-state index contributed by atoms with van der Waals surface area (Å²) in [6.07, 6.45) is 2.93. The Balaban J connectivity index is 0.000000441. The molecule has 0 spiro atoms. The second-order valence-corrected chi connectivity index (χ2v) is 6.92. The van der Waals surface area contributed by atoms with Crippen LogP contribution in [0.25, 0.3) is 0 Å². The number of carboxylic acids is 1. The lowest BCUT2D eigenvalue weighted by molar-refractivity contribution is -0.138. The molecule has 0 aliphatic rings. The van der Waals surface area contributed by atoms with Gasteiger partial charge < -0.3 is 27.6 Å². The molecule has 8 nitrogen and oxygen atoms in total. The number of halogens is 1. The number of anilines is 1. The number of carboxylic acid groups (broad SMARTS) is 1. The average molecular weight is 451 g/mol. The number of aldehydes is 1. The lowest BCUT2D eigenvalue weighted by Gasteiger charge is -2.03. The third-order valence-electron chi connectivity index (χ3n) is 3.80. The fourth-order valence-corrected chi connectivity index (χ4v) is 2.23. The maximum atomic E-state index is 10.6. The molecule has 9 heteroatoms. The van der Waals surface area contributed by atoms with Gasteiger partial charge in [0.25, 0.3) is 0 Å². The number of nitrogens with two attached hydrogens (primary N) is 3. The van der Waals surface area contributed by atoms with Crippen molar-refractivity contribution in [3.8, 4) is 0 Å². The molecular formula is C22H31ClN4O4. The zero-order valence-corrected chi connectivity index (χ0v) is 18.3. The van der Waals surface area contributed by atoms with Gasteiger partial charge in [0, 0.05) is 29.7 Å². The number of aliphatic carboxylic acids is 1. The van der Waals surface area contributed by atoms with Crippen LogP contribution in [0.15, 0.2) is 48.5 Å². The van der Waals surface area contributed by atoms with Gasteiger partial charge in [0.05, 0.1) is 0 Å². The largest absolute Gasteiger partial charge is 0.480 e. The van der Waals surface area contributed by atoms with Gasteiger partial charge in [0.2, 0.25) is 5.91 Å². The highest BCUT2D eigenvalue weighted by atomic mass is 35.5. The molecule has 1 amide bonds. The minimum absolute atomic E-state index is 0.117. The minimum atomic E-state index is -0.933. The Labute approximate surface area is 187 Å². The third-order valence-corrected chi connectivity index (χ3v) is 4.05. The molecule has 1 atom stereocenters. The van der Waals surface area contributed by atoms with E-state index in [2.05, 4.69) is 5.32 Å². The lowest BCUT2D eigenvalue weighted by atomic mass is 10.1. The number of hydrogen-bond donors (Lipinski definition) is 5. The SMILES string of the molecule is CC(=O)Nc1ccc(C=O)cc1.NCCCC[C@H](N)C(=O)O.NCc1ccc(Cl)cc1.